The highest BCUT2D eigenvalue weighted by molar-refractivity contribution is 7.18. The molecule has 7 nitrogen and oxygen atoms in total. The van der Waals surface area contributed by atoms with Gasteiger partial charge in [-0.1, -0.05) is 12.1 Å². The fourth-order valence-corrected chi connectivity index (χ4v) is 4.68. The van der Waals surface area contributed by atoms with Gasteiger partial charge in [-0.3, -0.25) is 9.48 Å². The van der Waals surface area contributed by atoms with E-state index in [1.165, 1.54) is 12.8 Å². The molecular weight excluding hydrogens is 398 g/mol. The van der Waals surface area contributed by atoms with Gasteiger partial charge in [-0.15, -0.1) is 11.3 Å². The van der Waals surface area contributed by atoms with E-state index in [0.717, 1.165) is 37.5 Å². The number of pyridine rings is 1. The number of para-hydroxylation sites is 1. The predicted molar refractivity (Wildman–Crippen MR) is 117 cm³/mol. The Bertz CT molecular complexity index is 1220. The molecule has 0 bridgehead atoms. The number of benzene rings is 1. The Hall–Kier alpha value is -3.00. The molecule has 30 heavy (non-hydrogen) atoms. The monoisotopic (exact) mass is 421 g/mol. The van der Waals surface area contributed by atoms with Crippen LogP contribution in [0.3, 0.4) is 0 Å². The number of aryl methyl sites for hydroxylation is 2. The van der Waals surface area contributed by atoms with Crippen LogP contribution in [0, 0.1) is 6.92 Å². The second-order valence-corrected chi connectivity index (χ2v) is 8.92. The van der Waals surface area contributed by atoms with Crippen LogP contribution in [-0.2, 0) is 11.8 Å². The first kappa shape index (κ1) is 19.0. The van der Waals surface area contributed by atoms with Gasteiger partial charge in [0.1, 0.15) is 5.01 Å². The van der Waals surface area contributed by atoms with Gasteiger partial charge in [0.15, 0.2) is 12.3 Å². The third-order valence-electron chi connectivity index (χ3n) is 5.37. The average molecular weight is 422 g/mol. The molecule has 0 spiro atoms. The molecule has 1 aliphatic carbocycles. The van der Waals surface area contributed by atoms with Gasteiger partial charge in [0.05, 0.1) is 22.0 Å². The molecule has 0 saturated heterocycles. The normalized spacial score (nSPS) is 14.9. The minimum atomic E-state index is -0.204. The van der Waals surface area contributed by atoms with Crippen molar-refractivity contribution in [2.45, 2.75) is 38.6 Å². The summed E-state index contributed by atoms with van der Waals surface area (Å²) < 4.78 is 8.63. The Balaban J connectivity index is 1.26. The number of aromatic nitrogens is 4. The van der Waals surface area contributed by atoms with Crippen molar-refractivity contribution in [2.75, 3.05) is 6.61 Å². The zero-order valence-electron chi connectivity index (χ0n) is 17.2. The maximum Gasteiger partial charge on any atom is 0.258 e. The third-order valence-corrected chi connectivity index (χ3v) is 6.59. The summed E-state index contributed by atoms with van der Waals surface area (Å²) in [6.45, 7) is 3.87. The van der Waals surface area contributed by atoms with Crippen LogP contribution in [-0.4, -0.2) is 32.3 Å². The summed E-state index contributed by atoms with van der Waals surface area (Å²) in [5.74, 6) is 0.786. The van der Waals surface area contributed by atoms with Crippen molar-refractivity contribution in [1.29, 1.82) is 0 Å². The van der Waals surface area contributed by atoms with E-state index >= 15 is 0 Å². The van der Waals surface area contributed by atoms with Crippen LogP contribution in [0.15, 0.2) is 30.3 Å². The van der Waals surface area contributed by atoms with Crippen LogP contribution < -0.4 is 10.1 Å². The number of ether oxygens (including phenoxy) is 1. The maximum absolute atomic E-state index is 12.4. The number of carbonyl (C=O) groups is 1. The molecule has 3 aromatic heterocycles. The zero-order chi connectivity index (χ0) is 20.8. The van der Waals surface area contributed by atoms with Gasteiger partial charge < -0.3 is 10.1 Å². The third kappa shape index (κ3) is 3.52. The van der Waals surface area contributed by atoms with Crippen LogP contribution in [0.2, 0.25) is 0 Å². The molecule has 3 heterocycles. The van der Waals surface area contributed by atoms with Crippen LogP contribution >= 0.6 is 11.3 Å². The summed E-state index contributed by atoms with van der Waals surface area (Å²) in [6.07, 6.45) is 2.38. The van der Waals surface area contributed by atoms with E-state index in [1.807, 2.05) is 51.2 Å². The van der Waals surface area contributed by atoms with E-state index in [0.29, 0.717) is 11.8 Å². The zero-order valence-corrected chi connectivity index (χ0v) is 18.0. The largest absolute Gasteiger partial charge is 0.468 e. The van der Waals surface area contributed by atoms with Gasteiger partial charge in [0, 0.05) is 24.4 Å². The van der Waals surface area contributed by atoms with Crippen molar-refractivity contribution in [3.8, 4) is 5.88 Å². The van der Waals surface area contributed by atoms with Crippen LogP contribution in [0.1, 0.15) is 48.0 Å². The molecule has 1 saturated carbocycles. The van der Waals surface area contributed by atoms with E-state index in [-0.39, 0.29) is 18.6 Å². The van der Waals surface area contributed by atoms with Crippen molar-refractivity contribution in [3.63, 3.8) is 0 Å². The molecule has 0 radical (unpaired) electrons. The Labute approximate surface area is 178 Å². The number of rotatable bonds is 6. The molecule has 154 valence electrons. The standard InChI is InChI=1S/C22H23N5O2S/c1-12-10-18(25-21-19(12)20(14-8-9-14)26-27(21)3)29-11-17(28)23-13(2)22-24-15-6-4-5-7-16(15)30-22/h4-7,10,13-14H,8-9,11H2,1-3H3,(H,23,28). The Morgan fingerprint density at radius 2 is 2.13 bits per heavy atom. The van der Waals surface area contributed by atoms with E-state index in [9.17, 15) is 4.79 Å². The lowest BCUT2D eigenvalue weighted by Gasteiger charge is -2.12. The van der Waals surface area contributed by atoms with Gasteiger partial charge in [-0.2, -0.15) is 10.1 Å². The van der Waals surface area contributed by atoms with Crippen molar-refractivity contribution in [1.82, 2.24) is 25.1 Å². The van der Waals surface area contributed by atoms with Gasteiger partial charge in [-0.05, 0) is 44.4 Å². The molecule has 1 fully saturated rings. The number of hydrogen-bond donors (Lipinski definition) is 1. The second kappa shape index (κ2) is 7.36. The first-order chi connectivity index (χ1) is 14.5. The lowest BCUT2D eigenvalue weighted by Crippen LogP contribution is -2.31. The Morgan fingerprint density at radius 1 is 1.33 bits per heavy atom. The minimum Gasteiger partial charge on any atom is -0.468 e. The molecule has 1 amide bonds. The highest BCUT2D eigenvalue weighted by atomic mass is 32.1. The molecule has 1 atom stereocenters. The summed E-state index contributed by atoms with van der Waals surface area (Å²) >= 11 is 1.59. The molecule has 8 heteroatoms. The van der Waals surface area contributed by atoms with E-state index in [4.69, 9.17) is 4.74 Å². The predicted octanol–water partition coefficient (Wildman–Crippen LogP) is 4.02. The molecule has 1 N–H and O–H groups in total. The highest BCUT2D eigenvalue weighted by Gasteiger charge is 2.30. The quantitative estimate of drug-likeness (QED) is 0.508. The maximum atomic E-state index is 12.4. The number of nitrogens with zero attached hydrogens (tertiary/aromatic N) is 4. The molecule has 1 unspecified atom stereocenters. The summed E-state index contributed by atoms with van der Waals surface area (Å²) in [5.41, 5.74) is 3.96. The molecule has 1 aromatic carbocycles. The number of hydrogen-bond acceptors (Lipinski definition) is 6. The fraction of sp³-hybridized carbons (Fsp3) is 0.364. The number of carbonyl (C=O) groups excluding carboxylic acids is 1. The van der Waals surface area contributed by atoms with E-state index in [1.54, 1.807) is 16.0 Å². The van der Waals surface area contributed by atoms with Gasteiger partial charge >= 0.3 is 0 Å². The second-order valence-electron chi connectivity index (χ2n) is 7.86. The summed E-state index contributed by atoms with van der Waals surface area (Å²) in [7, 11) is 1.90. The van der Waals surface area contributed by atoms with E-state index in [2.05, 4.69) is 20.4 Å². The number of nitrogens with one attached hydrogen (secondary N) is 1. The molecular formula is C22H23N5O2S. The lowest BCUT2D eigenvalue weighted by atomic mass is 10.1. The summed E-state index contributed by atoms with van der Waals surface area (Å²) in [4.78, 5) is 21.6. The van der Waals surface area contributed by atoms with Crippen molar-refractivity contribution in [2.24, 2.45) is 7.05 Å². The lowest BCUT2D eigenvalue weighted by molar-refractivity contribution is -0.123. The van der Waals surface area contributed by atoms with Gasteiger partial charge in [-0.25, -0.2) is 4.98 Å². The molecule has 4 aromatic rings. The average Bonchev–Trinajstić information content (AvgIpc) is 3.38. The number of amides is 1. The van der Waals surface area contributed by atoms with Crippen LogP contribution in [0.25, 0.3) is 21.3 Å². The molecule has 5 rings (SSSR count). The van der Waals surface area contributed by atoms with Gasteiger partial charge in [0.2, 0.25) is 5.88 Å². The highest BCUT2D eigenvalue weighted by Crippen LogP contribution is 2.43. The SMILES string of the molecule is Cc1cc(OCC(=O)NC(C)c2nc3ccccc3s2)nc2c1c(C1CC1)nn2C. The van der Waals surface area contributed by atoms with Crippen molar-refractivity contribution in [3.05, 3.63) is 46.6 Å². The summed E-state index contributed by atoms with van der Waals surface area (Å²) in [5, 5.41) is 9.60. The first-order valence-corrected chi connectivity index (χ1v) is 10.9. The topological polar surface area (TPSA) is 81.9 Å². The Kier molecular flexibility index (Phi) is 4.66. The first-order valence-electron chi connectivity index (χ1n) is 10.1. The molecule has 1 aliphatic rings. The number of thiazole rings is 1. The van der Waals surface area contributed by atoms with E-state index < -0.39 is 0 Å². The Morgan fingerprint density at radius 3 is 2.90 bits per heavy atom. The van der Waals surface area contributed by atoms with Gasteiger partial charge in [0.25, 0.3) is 5.91 Å². The minimum absolute atomic E-state index is 0.0967. The number of fused-ring (bicyclic) bond motifs is 2. The van der Waals surface area contributed by atoms with Crippen molar-refractivity contribution < 1.29 is 9.53 Å². The summed E-state index contributed by atoms with van der Waals surface area (Å²) in [6, 6.07) is 9.66. The van der Waals surface area contributed by atoms with Crippen LogP contribution in [0.5, 0.6) is 5.88 Å². The van der Waals surface area contributed by atoms with Crippen molar-refractivity contribution >= 4 is 38.5 Å². The fourth-order valence-electron chi connectivity index (χ4n) is 3.71. The smallest absolute Gasteiger partial charge is 0.258 e. The van der Waals surface area contributed by atoms with Crippen LogP contribution in [0.4, 0.5) is 0 Å². The molecule has 0 aliphatic heterocycles.